The molecule has 2 aromatic rings. The predicted molar refractivity (Wildman–Crippen MR) is 205 cm³/mol. The van der Waals surface area contributed by atoms with Gasteiger partial charge in [0.15, 0.2) is 11.6 Å². The number of unbranched alkanes of at least 4 members (excludes halogenated alkanes) is 4. The van der Waals surface area contributed by atoms with E-state index < -0.39 is 12.0 Å². The van der Waals surface area contributed by atoms with Gasteiger partial charge >= 0.3 is 5.97 Å². The largest absolute Gasteiger partial charge is 0.494 e. The number of aromatic carboxylic acids is 1. The van der Waals surface area contributed by atoms with Crippen LogP contribution in [0.15, 0.2) is 48.5 Å². The number of benzene rings is 2. The SMILES string of the molecule is C.CCN(C(=O)c1ccc(OCCCCCO)cc1)C1CCC(=O)CC1=O.CCNC1CCC(=O)CC1=O.O=C(O)c1ccc(OCCCCCO)cc1. The van der Waals surface area contributed by atoms with E-state index in [9.17, 15) is 28.8 Å². The number of Topliss-reactive ketones (excluding diaryl/α,β-unsaturated/α-hetero) is 4. The number of ether oxygens (including phenoxy) is 2. The van der Waals surface area contributed by atoms with Crippen LogP contribution >= 0.6 is 0 Å². The van der Waals surface area contributed by atoms with Crippen molar-refractivity contribution in [1.29, 1.82) is 0 Å². The molecule has 0 saturated heterocycles. The lowest BCUT2D eigenvalue weighted by atomic mass is 9.91. The van der Waals surface area contributed by atoms with E-state index in [0.717, 1.165) is 45.1 Å². The molecule has 1 amide bonds. The first kappa shape index (κ1) is 47.6. The first-order valence-corrected chi connectivity index (χ1v) is 18.6. The number of aliphatic hydroxyl groups excluding tert-OH is 2. The van der Waals surface area contributed by atoms with E-state index in [1.165, 1.54) is 12.1 Å². The van der Waals surface area contributed by atoms with E-state index in [1.54, 1.807) is 41.3 Å². The zero-order valence-corrected chi connectivity index (χ0v) is 31.1. The first-order chi connectivity index (χ1) is 25.5. The smallest absolute Gasteiger partial charge is 0.335 e. The number of hydrogen-bond donors (Lipinski definition) is 4. The van der Waals surface area contributed by atoms with Gasteiger partial charge in [0.2, 0.25) is 0 Å². The zero-order valence-electron chi connectivity index (χ0n) is 31.1. The van der Waals surface area contributed by atoms with Crippen LogP contribution in [0, 0.1) is 0 Å². The number of carbonyl (C=O) groups is 6. The molecule has 2 aromatic carbocycles. The minimum absolute atomic E-state index is 0. The predicted octanol–water partition coefficient (Wildman–Crippen LogP) is 5.23. The van der Waals surface area contributed by atoms with E-state index in [2.05, 4.69) is 5.32 Å². The average Bonchev–Trinajstić information content (AvgIpc) is 3.15. The molecule has 2 aliphatic rings. The number of carboxylic acids is 1. The molecule has 0 heterocycles. The Hall–Kier alpha value is -4.46. The van der Waals surface area contributed by atoms with Gasteiger partial charge in [0.25, 0.3) is 5.91 Å². The van der Waals surface area contributed by atoms with Crippen LogP contribution in [-0.4, -0.2) is 107 Å². The van der Waals surface area contributed by atoms with Crippen molar-refractivity contribution < 1.29 is 53.6 Å². The number of ketones is 4. The van der Waals surface area contributed by atoms with Crippen molar-refractivity contribution in [3.05, 3.63) is 59.7 Å². The van der Waals surface area contributed by atoms with Crippen molar-refractivity contribution in [3.8, 4) is 11.5 Å². The topological polar surface area (TPSA) is 197 Å². The van der Waals surface area contributed by atoms with Crippen LogP contribution in [0.5, 0.6) is 11.5 Å². The number of carbonyl (C=O) groups excluding carboxylic acids is 5. The maximum Gasteiger partial charge on any atom is 0.335 e. The number of nitrogens with one attached hydrogen (secondary N) is 1. The number of nitrogens with zero attached hydrogens (tertiary/aromatic N) is 1. The standard InChI is InChI=1S/C20H27NO5.C12H16O4.C8H13NO2.CH4/c1-2-21(18-11-8-16(23)14-19(18)24)20(25)15-6-9-17(10-7-15)26-13-5-3-4-12-22;13-8-2-1-3-9-16-11-6-4-10(5-7-11)12(14)15;1-2-9-7-4-3-6(10)5-8(7)11;/h6-7,9-10,18,22H,2-5,8,11-14H2,1H3;4-7,13H,1-3,8-9H2,(H,14,15);7,9H,2-5H2,1H3;1H4. The molecule has 0 bridgehead atoms. The molecule has 4 N–H and O–H groups in total. The van der Waals surface area contributed by atoms with E-state index in [-0.39, 0.29) is 74.1 Å². The molecule has 13 nitrogen and oxygen atoms in total. The maximum atomic E-state index is 12.8. The summed E-state index contributed by atoms with van der Waals surface area (Å²) in [5.41, 5.74) is 0.761. The van der Waals surface area contributed by atoms with Crippen molar-refractivity contribution in [3.63, 3.8) is 0 Å². The third-order valence-electron chi connectivity index (χ3n) is 8.68. The Morgan fingerprint density at radius 2 is 1.19 bits per heavy atom. The van der Waals surface area contributed by atoms with Gasteiger partial charge in [0.1, 0.15) is 23.1 Å². The highest BCUT2D eigenvalue weighted by atomic mass is 16.5. The summed E-state index contributed by atoms with van der Waals surface area (Å²) < 4.78 is 11.0. The van der Waals surface area contributed by atoms with Gasteiger partial charge in [-0.25, -0.2) is 4.79 Å². The van der Waals surface area contributed by atoms with Crippen LogP contribution in [0.4, 0.5) is 0 Å². The molecule has 0 spiro atoms. The van der Waals surface area contributed by atoms with Crippen LogP contribution in [0.2, 0.25) is 0 Å². The highest BCUT2D eigenvalue weighted by Crippen LogP contribution is 2.21. The Bertz CT molecular complexity index is 1440. The normalized spacial score (nSPS) is 16.5. The van der Waals surface area contributed by atoms with Crippen LogP contribution in [0.1, 0.15) is 119 Å². The fourth-order valence-corrected chi connectivity index (χ4v) is 5.74. The summed E-state index contributed by atoms with van der Waals surface area (Å²) in [5, 5.41) is 29.0. The third kappa shape index (κ3) is 17.6. The maximum absolute atomic E-state index is 12.8. The summed E-state index contributed by atoms with van der Waals surface area (Å²) in [5.74, 6) is 0.160. The quantitative estimate of drug-likeness (QED) is 0.114. The van der Waals surface area contributed by atoms with Crippen LogP contribution in [0.3, 0.4) is 0 Å². The van der Waals surface area contributed by atoms with Crippen LogP contribution in [0.25, 0.3) is 0 Å². The van der Waals surface area contributed by atoms with Gasteiger partial charge in [-0.3, -0.25) is 24.0 Å². The number of amides is 1. The van der Waals surface area contributed by atoms with Crippen molar-refractivity contribution in [2.75, 3.05) is 39.5 Å². The van der Waals surface area contributed by atoms with Crippen LogP contribution < -0.4 is 14.8 Å². The molecule has 4 rings (SSSR count). The molecule has 2 aliphatic carbocycles. The number of carboxylic acid groups (broad SMARTS) is 1. The van der Waals surface area contributed by atoms with Crippen molar-refractivity contribution in [1.82, 2.24) is 10.2 Å². The number of rotatable bonds is 18. The molecule has 2 unspecified atom stereocenters. The number of hydrogen-bond acceptors (Lipinski definition) is 11. The van der Waals surface area contributed by atoms with Gasteiger partial charge in [0, 0.05) is 38.2 Å². The van der Waals surface area contributed by atoms with E-state index in [0.29, 0.717) is 62.5 Å². The first-order valence-electron chi connectivity index (χ1n) is 18.6. The molecule has 2 fully saturated rings. The number of aliphatic hydroxyl groups is 2. The molecule has 0 radical (unpaired) electrons. The molecule has 0 aromatic heterocycles. The van der Waals surface area contributed by atoms with Crippen LogP contribution in [-0.2, 0) is 19.2 Å². The summed E-state index contributed by atoms with van der Waals surface area (Å²) in [6.07, 6.45) is 7.24. The second-order valence-electron chi connectivity index (χ2n) is 12.8. The summed E-state index contributed by atoms with van der Waals surface area (Å²) in [7, 11) is 0. The number of likely N-dealkylation sites (N-methyl/N-ethyl adjacent to an activating group) is 2. The van der Waals surface area contributed by atoms with Gasteiger partial charge in [-0.2, -0.15) is 0 Å². The van der Waals surface area contributed by atoms with Gasteiger partial charge < -0.3 is 35.0 Å². The Labute approximate surface area is 319 Å². The molecule has 2 saturated carbocycles. The fourth-order valence-electron chi connectivity index (χ4n) is 5.74. The van der Waals surface area contributed by atoms with E-state index in [4.69, 9.17) is 24.8 Å². The summed E-state index contributed by atoms with van der Waals surface area (Å²) >= 11 is 0. The fraction of sp³-hybridized carbons (Fsp3) is 0.561. The molecule has 54 heavy (non-hydrogen) atoms. The lowest BCUT2D eigenvalue weighted by Gasteiger charge is -2.32. The van der Waals surface area contributed by atoms with E-state index >= 15 is 0 Å². The highest BCUT2D eigenvalue weighted by molar-refractivity contribution is 6.06. The average molecular weight is 757 g/mol. The van der Waals surface area contributed by atoms with Gasteiger partial charge in [0.05, 0.1) is 43.7 Å². The minimum atomic E-state index is -0.936. The third-order valence-corrected chi connectivity index (χ3v) is 8.68. The molecular weight excluding hydrogens is 696 g/mol. The lowest BCUT2D eigenvalue weighted by molar-refractivity contribution is -0.134. The summed E-state index contributed by atoms with van der Waals surface area (Å²) in [6, 6.07) is 12.7. The van der Waals surface area contributed by atoms with Crippen molar-refractivity contribution in [2.45, 2.75) is 110 Å². The molecule has 13 heteroatoms. The second-order valence-corrected chi connectivity index (χ2v) is 12.8. The minimum Gasteiger partial charge on any atom is -0.494 e. The highest BCUT2D eigenvalue weighted by Gasteiger charge is 2.34. The van der Waals surface area contributed by atoms with Crippen molar-refractivity contribution >= 4 is 35.0 Å². The second kappa shape index (κ2) is 27.2. The lowest BCUT2D eigenvalue weighted by Crippen LogP contribution is -2.47. The Morgan fingerprint density at radius 3 is 1.61 bits per heavy atom. The Kier molecular flexibility index (Phi) is 23.9. The summed E-state index contributed by atoms with van der Waals surface area (Å²) in [4.78, 5) is 70.3. The van der Waals surface area contributed by atoms with Gasteiger partial charge in [-0.05, 0) is 113 Å². The molecular formula is C41H60N2O11. The Balaban J connectivity index is 0.000000443. The monoisotopic (exact) mass is 756 g/mol. The van der Waals surface area contributed by atoms with Gasteiger partial charge in [-0.15, -0.1) is 0 Å². The van der Waals surface area contributed by atoms with Crippen molar-refractivity contribution in [2.24, 2.45) is 0 Å². The van der Waals surface area contributed by atoms with Gasteiger partial charge in [-0.1, -0.05) is 14.4 Å². The van der Waals surface area contributed by atoms with E-state index in [1.807, 2.05) is 13.8 Å². The Morgan fingerprint density at radius 1 is 0.704 bits per heavy atom. The molecule has 2 atom stereocenters. The zero-order chi connectivity index (χ0) is 39.0. The summed E-state index contributed by atoms with van der Waals surface area (Å²) in [6.45, 7) is 6.59. The molecule has 300 valence electrons. The molecule has 0 aliphatic heterocycles.